The van der Waals surface area contributed by atoms with E-state index in [1.807, 2.05) is 19.1 Å². The summed E-state index contributed by atoms with van der Waals surface area (Å²) in [5.74, 6) is -0.499. The lowest BCUT2D eigenvalue weighted by Gasteiger charge is -2.03. The summed E-state index contributed by atoms with van der Waals surface area (Å²) in [4.78, 5) is 15.9. The summed E-state index contributed by atoms with van der Waals surface area (Å²) in [6, 6.07) is 9.91. The number of carbonyl (C=O) groups is 1. The van der Waals surface area contributed by atoms with Crippen molar-refractivity contribution in [3.8, 4) is 5.75 Å². The first-order valence-corrected chi connectivity index (χ1v) is 7.55. The van der Waals surface area contributed by atoms with E-state index in [0.29, 0.717) is 5.75 Å². The minimum absolute atomic E-state index is 0.206. The highest BCUT2D eigenvalue weighted by Gasteiger charge is 2.03. The van der Waals surface area contributed by atoms with Crippen molar-refractivity contribution in [3.63, 3.8) is 0 Å². The van der Waals surface area contributed by atoms with Crippen molar-refractivity contribution >= 4 is 44.0 Å². The van der Waals surface area contributed by atoms with E-state index in [-0.39, 0.29) is 5.56 Å². The first kappa shape index (κ1) is 15.7. The summed E-state index contributed by atoms with van der Waals surface area (Å²) in [5.41, 5.74) is 2.19. The van der Waals surface area contributed by atoms with Crippen molar-refractivity contribution in [3.05, 3.63) is 62.0 Å². The molecule has 1 N–H and O–H groups in total. The Morgan fingerprint density at radius 3 is 2.29 bits per heavy atom. The molecule has 0 saturated carbocycles. The molecule has 0 aliphatic heterocycles. The van der Waals surface area contributed by atoms with Crippen LogP contribution in [0.25, 0.3) is 0 Å². The predicted molar refractivity (Wildman–Crippen MR) is 88.2 cm³/mol. The van der Waals surface area contributed by atoms with Gasteiger partial charge >= 0.3 is 5.97 Å². The Balaban J connectivity index is 2.07. The van der Waals surface area contributed by atoms with E-state index in [9.17, 15) is 4.79 Å². The Morgan fingerprint density at radius 1 is 1.19 bits per heavy atom. The lowest BCUT2D eigenvalue weighted by atomic mass is 10.2. The average molecular weight is 413 g/mol. The van der Waals surface area contributed by atoms with Crippen LogP contribution in [0.3, 0.4) is 0 Å². The van der Waals surface area contributed by atoms with Gasteiger partial charge in [0, 0.05) is 8.95 Å². The number of aromatic carboxylic acids is 1. The Kier molecular flexibility index (Phi) is 5.14. The molecule has 21 heavy (non-hydrogen) atoms. The molecule has 2 aromatic carbocycles. The zero-order valence-corrected chi connectivity index (χ0v) is 14.2. The molecule has 0 radical (unpaired) electrons. The fourth-order valence-corrected chi connectivity index (χ4v) is 2.77. The van der Waals surface area contributed by atoms with Gasteiger partial charge in [0.1, 0.15) is 0 Å². The number of nitrogens with zero attached hydrogens (tertiary/aromatic N) is 1. The van der Waals surface area contributed by atoms with Crippen LogP contribution in [0, 0.1) is 6.92 Å². The molecule has 2 rings (SSSR count). The van der Waals surface area contributed by atoms with E-state index in [0.717, 1.165) is 20.1 Å². The molecule has 0 bridgehead atoms. The van der Waals surface area contributed by atoms with Crippen LogP contribution in [0.5, 0.6) is 5.75 Å². The molecule has 2 aromatic rings. The summed E-state index contributed by atoms with van der Waals surface area (Å²) in [7, 11) is 0. The standard InChI is InChI=1S/C15H11Br2NO3/c1-9-13(16)6-10(7-14(9)17)8-18-21-12-4-2-11(3-5-12)15(19)20/h2-8H,1H3,(H,19,20)/b18-8+. The van der Waals surface area contributed by atoms with Crippen LogP contribution in [-0.2, 0) is 0 Å². The van der Waals surface area contributed by atoms with Gasteiger partial charge in [0.05, 0.1) is 11.8 Å². The second-order valence-electron chi connectivity index (χ2n) is 4.26. The van der Waals surface area contributed by atoms with Gasteiger partial charge in [-0.25, -0.2) is 4.79 Å². The zero-order chi connectivity index (χ0) is 15.4. The van der Waals surface area contributed by atoms with Gasteiger partial charge in [-0.1, -0.05) is 37.0 Å². The zero-order valence-electron chi connectivity index (χ0n) is 11.0. The molecule has 0 heterocycles. The van der Waals surface area contributed by atoms with E-state index in [2.05, 4.69) is 37.0 Å². The number of oxime groups is 1. The highest BCUT2D eigenvalue weighted by atomic mass is 79.9. The second kappa shape index (κ2) is 6.87. The van der Waals surface area contributed by atoms with Gasteiger partial charge < -0.3 is 9.94 Å². The molecule has 0 aliphatic rings. The molecule has 4 nitrogen and oxygen atoms in total. The third-order valence-electron chi connectivity index (χ3n) is 2.76. The van der Waals surface area contributed by atoms with Gasteiger partial charge in [0.15, 0.2) is 5.75 Å². The number of hydrogen-bond donors (Lipinski definition) is 1. The molecule has 0 aliphatic carbocycles. The van der Waals surface area contributed by atoms with Crippen LogP contribution in [0.15, 0.2) is 50.5 Å². The first-order chi connectivity index (χ1) is 9.97. The van der Waals surface area contributed by atoms with Gasteiger partial charge in [0.25, 0.3) is 0 Å². The minimum atomic E-state index is -0.973. The fraction of sp³-hybridized carbons (Fsp3) is 0.0667. The first-order valence-electron chi connectivity index (χ1n) is 5.97. The van der Waals surface area contributed by atoms with E-state index in [1.165, 1.54) is 12.1 Å². The topological polar surface area (TPSA) is 58.9 Å². The quantitative estimate of drug-likeness (QED) is 0.588. The number of hydrogen-bond acceptors (Lipinski definition) is 3. The second-order valence-corrected chi connectivity index (χ2v) is 5.97. The Hall–Kier alpha value is -1.66. The molecule has 0 spiro atoms. The van der Waals surface area contributed by atoms with E-state index in [1.54, 1.807) is 18.3 Å². The molecule has 0 unspecified atom stereocenters. The van der Waals surface area contributed by atoms with Crippen LogP contribution in [0.2, 0.25) is 0 Å². The monoisotopic (exact) mass is 411 g/mol. The number of carboxylic acids is 1. The maximum absolute atomic E-state index is 10.7. The molecule has 6 heteroatoms. The van der Waals surface area contributed by atoms with Crippen molar-refractivity contribution in [2.45, 2.75) is 6.92 Å². The van der Waals surface area contributed by atoms with Crippen molar-refractivity contribution in [2.75, 3.05) is 0 Å². The van der Waals surface area contributed by atoms with Crippen LogP contribution >= 0.6 is 31.9 Å². The molecule has 108 valence electrons. The third-order valence-corrected chi connectivity index (χ3v) is 4.41. The maximum Gasteiger partial charge on any atom is 0.335 e. The van der Waals surface area contributed by atoms with Crippen molar-refractivity contribution in [1.29, 1.82) is 0 Å². The summed E-state index contributed by atoms with van der Waals surface area (Å²) >= 11 is 6.93. The van der Waals surface area contributed by atoms with Gasteiger partial charge in [-0.3, -0.25) is 0 Å². The summed E-state index contributed by atoms with van der Waals surface area (Å²) in [6.07, 6.45) is 1.58. The highest BCUT2D eigenvalue weighted by molar-refractivity contribution is 9.11. The van der Waals surface area contributed by atoms with Gasteiger partial charge in [-0.2, -0.15) is 0 Å². The number of carboxylic acid groups (broad SMARTS) is 1. The van der Waals surface area contributed by atoms with Crippen LogP contribution in [0.4, 0.5) is 0 Å². The van der Waals surface area contributed by atoms with Crippen LogP contribution < -0.4 is 4.84 Å². The molecule has 0 fully saturated rings. The van der Waals surface area contributed by atoms with Gasteiger partial charge in [-0.15, -0.1) is 0 Å². The summed E-state index contributed by atoms with van der Waals surface area (Å²) in [5, 5.41) is 12.7. The largest absolute Gasteiger partial charge is 0.478 e. The Bertz CT molecular complexity index is 674. The van der Waals surface area contributed by atoms with Crippen LogP contribution in [-0.4, -0.2) is 17.3 Å². The van der Waals surface area contributed by atoms with Crippen LogP contribution in [0.1, 0.15) is 21.5 Å². The predicted octanol–water partition coefficient (Wildman–Crippen LogP) is 4.63. The Morgan fingerprint density at radius 2 is 1.76 bits per heavy atom. The van der Waals surface area contributed by atoms with Crippen molar-refractivity contribution in [1.82, 2.24) is 0 Å². The lowest BCUT2D eigenvalue weighted by molar-refractivity contribution is 0.0697. The molecule has 0 aromatic heterocycles. The minimum Gasteiger partial charge on any atom is -0.478 e. The molecule has 0 saturated heterocycles. The number of rotatable bonds is 4. The average Bonchev–Trinajstić information content (AvgIpc) is 2.45. The highest BCUT2D eigenvalue weighted by Crippen LogP contribution is 2.25. The molecular formula is C15H11Br2NO3. The van der Waals surface area contributed by atoms with Crippen molar-refractivity contribution < 1.29 is 14.7 Å². The van der Waals surface area contributed by atoms with E-state index in [4.69, 9.17) is 9.94 Å². The SMILES string of the molecule is Cc1c(Br)cc(/C=N/Oc2ccc(C(=O)O)cc2)cc1Br. The van der Waals surface area contributed by atoms with Gasteiger partial charge in [-0.05, 0) is 54.4 Å². The molecule has 0 amide bonds. The molecular weight excluding hydrogens is 402 g/mol. The number of halogens is 2. The number of benzene rings is 2. The van der Waals surface area contributed by atoms with E-state index < -0.39 is 5.97 Å². The molecule has 0 atom stereocenters. The Labute approximate surface area is 138 Å². The van der Waals surface area contributed by atoms with Crippen molar-refractivity contribution in [2.24, 2.45) is 5.16 Å². The smallest absolute Gasteiger partial charge is 0.335 e. The fourth-order valence-electron chi connectivity index (χ4n) is 1.55. The maximum atomic E-state index is 10.7. The summed E-state index contributed by atoms with van der Waals surface area (Å²) < 4.78 is 1.95. The van der Waals surface area contributed by atoms with E-state index >= 15 is 0 Å². The normalized spacial score (nSPS) is 10.8. The third kappa shape index (κ3) is 4.15. The summed E-state index contributed by atoms with van der Waals surface area (Å²) in [6.45, 7) is 2.00. The van der Waals surface area contributed by atoms with Gasteiger partial charge in [0.2, 0.25) is 0 Å². The lowest BCUT2D eigenvalue weighted by Crippen LogP contribution is -1.95.